The van der Waals surface area contributed by atoms with Crippen LogP contribution in [0.1, 0.15) is 11.3 Å². The van der Waals surface area contributed by atoms with Crippen LogP contribution in [0, 0.1) is 5.92 Å². The van der Waals surface area contributed by atoms with Crippen LogP contribution in [0.3, 0.4) is 0 Å². The number of nitrogens with one attached hydrogen (secondary N) is 2. The minimum Gasteiger partial charge on any atom is -0.354 e. The number of carbonyl (C=O) groups excluding carboxylic acids is 1. The molecule has 2 aliphatic rings. The summed E-state index contributed by atoms with van der Waals surface area (Å²) >= 11 is 0. The number of fused-ring (bicyclic) bond motifs is 2. The van der Waals surface area contributed by atoms with E-state index < -0.39 is 0 Å². The van der Waals surface area contributed by atoms with E-state index in [1.54, 1.807) is 6.20 Å². The average molecular weight is 357 g/mol. The summed E-state index contributed by atoms with van der Waals surface area (Å²) in [5, 5.41) is 11.0. The Kier molecular flexibility index (Phi) is 4.78. The molecule has 1 amide bonds. The first-order valence-corrected chi connectivity index (χ1v) is 9.37. The fraction of sp³-hybridized carbons (Fsp3) is 0.611. The van der Waals surface area contributed by atoms with Gasteiger partial charge in [-0.05, 0) is 27.1 Å². The van der Waals surface area contributed by atoms with Crippen LogP contribution in [0.5, 0.6) is 0 Å². The van der Waals surface area contributed by atoms with Crippen molar-refractivity contribution in [3.05, 3.63) is 23.5 Å². The lowest BCUT2D eigenvalue weighted by Gasteiger charge is -2.41. The van der Waals surface area contributed by atoms with Gasteiger partial charge in [-0.2, -0.15) is 9.61 Å². The minimum atomic E-state index is 0.0514. The first kappa shape index (κ1) is 17.2. The van der Waals surface area contributed by atoms with E-state index in [2.05, 4.69) is 25.5 Å². The van der Waals surface area contributed by atoms with Gasteiger partial charge in [-0.15, -0.1) is 0 Å². The van der Waals surface area contributed by atoms with E-state index >= 15 is 0 Å². The highest BCUT2D eigenvalue weighted by molar-refractivity contribution is 5.82. The van der Waals surface area contributed by atoms with E-state index in [9.17, 15) is 4.79 Å². The van der Waals surface area contributed by atoms with Gasteiger partial charge in [-0.3, -0.25) is 4.79 Å². The smallest absolute Gasteiger partial charge is 0.226 e. The van der Waals surface area contributed by atoms with Crippen molar-refractivity contribution in [2.45, 2.75) is 12.8 Å². The quantitative estimate of drug-likeness (QED) is 0.754. The standard InChI is InChI=1S/C18H27N7O/c1-23(2)10-9-20-17(26)13-11-24(12-13)18-14-3-6-19-7-4-15(14)22-16-5-8-21-25(16)18/h5,8,13,19H,3-4,6-7,9-12H2,1-2H3,(H,20,26). The van der Waals surface area contributed by atoms with Crippen molar-refractivity contribution in [3.8, 4) is 0 Å². The summed E-state index contributed by atoms with van der Waals surface area (Å²) in [6.45, 7) is 4.96. The zero-order valence-electron chi connectivity index (χ0n) is 15.5. The molecule has 2 aliphatic heterocycles. The molecule has 1 saturated heterocycles. The number of carbonyl (C=O) groups is 1. The number of hydrogen-bond acceptors (Lipinski definition) is 6. The Morgan fingerprint density at radius 1 is 1.35 bits per heavy atom. The molecule has 0 aliphatic carbocycles. The van der Waals surface area contributed by atoms with Crippen molar-refractivity contribution in [1.29, 1.82) is 0 Å². The van der Waals surface area contributed by atoms with Gasteiger partial charge in [0, 0.05) is 50.8 Å². The SMILES string of the molecule is CN(C)CCNC(=O)C1CN(c2c3c(nc4ccnn24)CCNCC3)C1. The van der Waals surface area contributed by atoms with Gasteiger partial charge in [-0.25, -0.2) is 4.98 Å². The maximum absolute atomic E-state index is 12.3. The molecule has 0 radical (unpaired) electrons. The molecular formula is C18H27N7O. The van der Waals surface area contributed by atoms with Gasteiger partial charge in [0.2, 0.25) is 5.91 Å². The average Bonchev–Trinajstić information content (AvgIpc) is 2.89. The van der Waals surface area contributed by atoms with Crippen LogP contribution in [0.2, 0.25) is 0 Å². The van der Waals surface area contributed by atoms with Crippen molar-refractivity contribution in [2.24, 2.45) is 5.92 Å². The molecule has 140 valence electrons. The number of likely N-dealkylation sites (N-methyl/N-ethyl adjacent to an activating group) is 1. The number of hydrogen-bond donors (Lipinski definition) is 2. The van der Waals surface area contributed by atoms with Crippen molar-refractivity contribution in [2.75, 3.05) is 58.3 Å². The Morgan fingerprint density at radius 2 is 2.15 bits per heavy atom. The molecule has 8 nitrogen and oxygen atoms in total. The summed E-state index contributed by atoms with van der Waals surface area (Å²) in [7, 11) is 4.02. The third kappa shape index (κ3) is 3.26. The maximum atomic E-state index is 12.3. The third-order valence-corrected chi connectivity index (χ3v) is 5.19. The molecule has 26 heavy (non-hydrogen) atoms. The Labute approximate surface area is 153 Å². The molecule has 2 aromatic heterocycles. The van der Waals surface area contributed by atoms with E-state index in [4.69, 9.17) is 4.98 Å². The number of aromatic nitrogens is 3. The van der Waals surface area contributed by atoms with Gasteiger partial charge in [-0.1, -0.05) is 0 Å². The predicted octanol–water partition coefficient (Wildman–Crippen LogP) is -0.468. The fourth-order valence-electron chi connectivity index (χ4n) is 3.70. The summed E-state index contributed by atoms with van der Waals surface area (Å²) in [6, 6.07) is 1.95. The van der Waals surface area contributed by atoms with Gasteiger partial charge in [0.05, 0.1) is 17.8 Å². The normalized spacial score (nSPS) is 17.9. The van der Waals surface area contributed by atoms with Crippen LogP contribution in [0.4, 0.5) is 5.82 Å². The van der Waals surface area contributed by atoms with E-state index in [0.29, 0.717) is 6.54 Å². The van der Waals surface area contributed by atoms with E-state index in [-0.39, 0.29) is 11.8 Å². The number of anilines is 1. The molecular weight excluding hydrogens is 330 g/mol. The Bertz CT molecular complexity index is 794. The van der Waals surface area contributed by atoms with Crippen molar-refractivity contribution >= 4 is 17.4 Å². The highest BCUT2D eigenvalue weighted by Gasteiger charge is 2.36. The molecule has 4 rings (SSSR count). The molecule has 0 bridgehead atoms. The first-order valence-electron chi connectivity index (χ1n) is 9.37. The minimum absolute atomic E-state index is 0.0514. The molecule has 0 atom stereocenters. The van der Waals surface area contributed by atoms with Crippen LogP contribution < -0.4 is 15.5 Å². The lowest BCUT2D eigenvalue weighted by Crippen LogP contribution is -2.55. The largest absolute Gasteiger partial charge is 0.354 e. The number of amides is 1. The second-order valence-electron chi connectivity index (χ2n) is 7.41. The second kappa shape index (κ2) is 7.20. The molecule has 2 N–H and O–H groups in total. The monoisotopic (exact) mass is 357 g/mol. The molecule has 0 saturated carbocycles. The predicted molar refractivity (Wildman–Crippen MR) is 101 cm³/mol. The van der Waals surface area contributed by atoms with Gasteiger partial charge in [0.1, 0.15) is 5.82 Å². The summed E-state index contributed by atoms with van der Waals surface area (Å²) in [6.07, 6.45) is 3.69. The maximum Gasteiger partial charge on any atom is 0.226 e. The summed E-state index contributed by atoms with van der Waals surface area (Å²) in [4.78, 5) is 21.5. The van der Waals surface area contributed by atoms with Crippen molar-refractivity contribution < 1.29 is 4.79 Å². The Morgan fingerprint density at radius 3 is 2.96 bits per heavy atom. The van der Waals surface area contributed by atoms with Crippen LogP contribution in [-0.4, -0.2) is 78.8 Å². The molecule has 0 aromatic carbocycles. The fourth-order valence-corrected chi connectivity index (χ4v) is 3.70. The Hall–Kier alpha value is -2.19. The van der Waals surface area contributed by atoms with Crippen LogP contribution in [0.25, 0.3) is 5.65 Å². The highest BCUT2D eigenvalue weighted by atomic mass is 16.2. The van der Waals surface area contributed by atoms with Gasteiger partial charge in [0.15, 0.2) is 5.65 Å². The van der Waals surface area contributed by atoms with Gasteiger partial charge < -0.3 is 20.4 Å². The molecule has 1 fully saturated rings. The second-order valence-corrected chi connectivity index (χ2v) is 7.41. The van der Waals surface area contributed by atoms with Crippen LogP contribution >= 0.6 is 0 Å². The van der Waals surface area contributed by atoms with Crippen molar-refractivity contribution in [3.63, 3.8) is 0 Å². The van der Waals surface area contributed by atoms with Gasteiger partial charge in [0.25, 0.3) is 0 Å². The lowest BCUT2D eigenvalue weighted by atomic mass is 9.97. The van der Waals surface area contributed by atoms with Crippen molar-refractivity contribution in [1.82, 2.24) is 30.1 Å². The lowest BCUT2D eigenvalue weighted by molar-refractivity contribution is -0.125. The first-order chi connectivity index (χ1) is 12.6. The zero-order chi connectivity index (χ0) is 18.1. The van der Waals surface area contributed by atoms with E-state index in [1.807, 2.05) is 24.7 Å². The Balaban J connectivity index is 1.50. The summed E-state index contributed by atoms with van der Waals surface area (Å²) < 4.78 is 1.93. The van der Waals surface area contributed by atoms with E-state index in [1.165, 1.54) is 5.56 Å². The number of nitrogens with zero attached hydrogens (tertiary/aromatic N) is 5. The molecule has 4 heterocycles. The molecule has 0 spiro atoms. The zero-order valence-corrected chi connectivity index (χ0v) is 15.5. The number of rotatable bonds is 5. The highest BCUT2D eigenvalue weighted by Crippen LogP contribution is 2.31. The van der Waals surface area contributed by atoms with Crippen LogP contribution in [0.15, 0.2) is 12.3 Å². The summed E-state index contributed by atoms with van der Waals surface area (Å²) in [5.74, 6) is 1.33. The van der Waals surface area contributed by atoms with Crippen LogP contribution in [-0.2, 0) is 17.6 Å². The molecule has 2 aromatic rings. The topological polar surface area (TPSA) is 77.8 Å². The van der Waals surface area contributed by atoms with E-state index in [0.717, 1.165) is 62.7 Å². The summed E-state index contributed by atoms with van der Waals surface area (Å²) in [5.41, 5.74) is 3.33. The van der Waals surface area contributed by atoms with Gasteiger partial charge >= 0.3 is 0 Å². The molecule has 8 heteroatoms. The molecule has 0 unspecified atom stereocenters. The third-order valence-electron chi connectivity index (χ3n) is 5.19.